The van der Waals surface area contributed by atoms with Gasteiger partial charge in [-0.15, -0.1) is 10.2 Å². The summed E-state index contributed by atoms with van der Waals surface area (Å²) in [4.78, 5) is 16.8. The molecule has 34 heavy (non-hydrogen) atoms. The Balaban J connectivity index is 1.70. The number of nitrogens with zero attached hydrogens (tertiary/aromatic N) is 8. The second kappa shape index (κ2) is 9.15. The van der Waals surface area contributed by atoms with Crippen LogP contribution in [0.1, 0.15) is 32.6 Å². The number of anilines is 2. The maximum atomic E-state index is 5.52. The molecule has 0 bridgehead atoms. The third-order valence-electron chi connectivity index (χ3n) is 5.96. The molecule has 1 atom stereocenters. The minimum absolute atomic E-state index is 0.0333. The number of fused-ring (bicyclic) bond motifs is 2. The molecule has 0 spiro atoms. The summed E-state index contributed by atoms with van der Waals surface area (Å²) in [5.74, 6) is 3.14. The molecule has 1 N–H and O–H groups in total. The molecule has 11 heteroatoms. The zero-order chi connectivity index (χ0) is 23.8. The first kappa shape index (κ1) is 22.5. The number of nitrogens with one attached hydrogen (secondary N) is 1. The van der Waals surface area contributed by atoms with E-state index in [2.05, 4.69) is 51.8 Å². The molecule has 0 unspecified atom stereocenters. The van der Waals surface area contributed by atoms with Crippen molar-refractivity contribution in [2.24, 2.45) is 0 Å². The molecule has 0 radical (unpaired) electrons. The van der Waals surface area contributed by atoms with Gasteiger partial charge in [0.05, 0.1) is 37.6 Å². The Bertz CT molecular complexity index is 1310. The van der Waals surface area contributed by atoms with Crippen molar-refractivity contribution in [2.75, 3.05) is 50.2 Å². The van der Waals surface area contributed by atoms with Crippen LogP contribution < -0.4 is 10.2 Å². The van der Waals surface area contributed by atoms with Crippen LogP contribution in [0.4, 0.5) is 11.6 Å². The van der Waals surface area contributed by atoms with E-state index in [1.54, 1.807) is 7.11 Å². The molecule has 11 nitrogen and oxygen atoms in total. The first-order valence-electron chi connectivity index (χ1n) is 11.6. The third-order valence-corrected chi connectivity index (χ3v) is 5.96. The van der Waals surface area contributed by atoms with Gasteiger partial charge in [0, 0.05) is 38.5 Å². The summed E-state index contributed by atoms with van der Waals surface area (Å²) in [6.07, 6.45) is 3.79. The SMILES string of the molecule is COC[C@H](C)n1c(-c2cn3c(C)nnc3c(NC(C)C)n2)nc2cnc(N3CCOCC3)cc21. The Kier molecular flexibility index (Phi) is 6.05. The topological polar surface area (TPSA) is 108 Å². The molecule has 1 saturated heterocycles. The van der Waals surface area contributed by atoms with E-state index in [1.807, 2.05) is 23.7 Å². The second-order valence-corrected chi connectivity index (χ2v) is 8.96. The fourth-order valence-corrected chi connectivity index (χ4v) is 4.38. The van der Waals surface area contributed by atoms with Gasteiger partial charge < -0.3 is 24.3 Å². The Morgan fingerprint density at radius 2 is 1.94 bits per heavy atom. The average molecular weight is 466 g/mol. The van der Waals surface area contributed by atoms with Gasteiger partial charge in [-0.25, -0.2) is 15.0 Å². The lowest BCUT2D eigenvalue weighted by molar-refractivity contribution is 0.122. The van der Waals surface area contributed by atoms with Crippen molar-refractivity contribution in [1.29, 1.82) is 0 Å². The lowest BCUT2D eigenvalue weighted by atomic mass is 10.3. The minimum Gasteiger partial charge on any atom is -0.383 e. The zero-order valence-corrected chi connectivity index (χ0v) is 20.3. The number of aromatic nitrogens is 7. The quantitative estimate of drug-likeness (QED) is 0.441. The van der Waals surface area contributed by atoms with Gasteiger partial charge in [-0.2, -0.15) is 0 Å². The summed E-state index contributed by atoms with van der Waals surface area (Å²) >= 11 is 0. The van der Waals surface area contributed by atoms with Crippen LogP contribution >= 0.6 is 0 Å². The van der Waals surface area contributed by atoms with Gasteiger partial charge in [0.1, 0.15) is 22.9 Å². The minimum atomic E-state index is 0.0333. The maximum absolute atomic E-state index is 5.52. The number of hydrogen-bond donors (Lipinski definition) is 1. The Hall–Kier alpha value is -3.31. The van der Waals surface area contributed by atoms with Crippen LogP contribution in [0.5, 0.6) is 0 Å². The molecule has 0 amide bonds. The molecule has 0 aromatic carbocycles. The van der Waals surface area contributed by atoms with Gasteiger partial charge in [-0.3, -0.25) is 4.40 Å². The van der Waals surface area contributed by atoms with Gasteiger partial charge in [-0.05, 0) is 27.7 Å². The number of aryl methyl sites for hydroxylation is 1. The van der Waals surface area contributed by atoms with Crippen LogP contribution in [0, 0.1) is 6.92 Å². The highest BCUT2D eigenvalue weighted by Gasteiger charge is 2.23. The summed E-state index contributed by atoms with van der Waals surface area (Å²) in [5.41, 5.74) is 3.23. The Morgan fingerprint density at radius 1 is 1.15 bits per heavy atom. The van der Waals surface area contributed by atoms with Crippen LogP contribution in [-0.4, -0.2) is 80.2 Å². The van der Waals surface area contributed by atoms with Crippen molar-refractivity contribution >= 4 is 28.3 Å². The lowest BCUT2D eigenvalue weighted by Gasteiger charge is -2.28. The van der Waals surface area contributed by atoms with E-state index in [9.17, 15) is 0 Å². The summed E-state index contributed by atoms with van der Waals surface area (Å²) < 4.78 is 15.2. The fraction of sp³-hybridized carbons (Fsp3) is 0.522. The van der Waals surface area contributed by atoms with Crippen molar-refractivity contribution in [1.82, 2.24) is 34.1 Å². The summed E-state index contributed by atoms with van der Waals surface area (Å²) in [6, 6.07) is 2.33. The van der Waals surface area contributed by atoms with Gasteiger partial charge in [0.25, 0.3) is 0 Å². The highest BCUT2D eigenvalue weighted by molar-refractivity contribution is 5.82. The van der Waals surface area contributed by atoms with Crippen LogP contribution in [0.15, 0.2) is 18.5 Å². The van der Waals surface area contributed by atoms with E-state index in [4.69, 9.17) is 24.4 Å². The molecule has 0 aliphatic carbocycles. The molecule has 1 aliphatic heterocycles. The highest BCUT2D eigenvalue weighted by atomic mass is 16.5. The standard InChI is InChI=1S/C23H31N9O2/c1-14(2)25-21-23-29-28-16(4)31(23)12-18(26-21)22-27-17-11-24-20(30-6-8-34-9-7-30)10-19(17)32(22)15(3)13-33-5/h10-12,14-15H,6-9,13H2,1-5H3,(H,25,26)/t15-/m0/s1. The number of ether oxygens (including phenoxy) is 2. The smallest absolute Gasteiger partial charge is 0.203 e. The molecular weight excluding hydrogens is 434 g/mol. The monoisotopic (exact) mass is 465 g/mol. The Labute approximate surface area is 198 Å². The van der Waals surface area contributed by atoms with Gasteiger partial charge >= 0.3 is 0 Å². The van der Waals surface area contributed by atoms with E-state index in [0.717, 1.165) is 47.3 Å². The molecule has 4 aromatic heterocycles. The first-order chi connectivity index (χ1) is 16.5. The largest absolute Gasteiger partial charge is 0.383 e. The molecule has 1 fully saturated rings. The molecule has 5 heterocycles. The van der Waals surface area contributed by atoms with E-state index in [0.29, 0.717) is 31.3 Å². The lowest BCUT2D eigenvalue weighted by Crippen LogP contribution is -2.36. The number of methoxy groups -OCH3 is 1. The molecular formula is C23H31N9O2. The predicted octanol–water partition coefficient (Wildman–Crippen LogP) is 2.71. The number of morpholine rings is 1. The van der Waals surface area contributed by atoms with E-state index in [1.165, 1.54) is 0 Å². The van der Waals surface area contributed by atoms with Gasteiger partial charge in [0.15, 0.2) is 11.6 Å². The normalized spacial score (nSPS) is 15.5. The van der Waals surface area contributed by atoms with Crippen molar-refractivity contribution in [3.05, 3.63) is 24.3 Å². The number of hydrogen-bond acceptors (Lipinski definition) is 9. The van der Waals surface area contributed by atoms with Crippen LogP contribution in [0.2, 0.25) is 0 Å². The molecule has 0 saturated carbocycles. The predicted molar refractivity (Wildman–Crippen MR) is 130 cm³/mol. The molecule has 4 aromatic rings. The highest BCUT2D eigenvalue weighted by Crippen LogP contribution is 2.31. The average Bonchev–Trinajstić information content (AvgIpc) is 3.40. The third kappa shape index (κ3) is 4.05. The number of imidazole rings is 1. The summed E-state index contributed by atoms with van der Waals surface area (Å²) in [6.45, 7) is 11.8. The first-order valence-corrected chi connectivity index (χ1v) is 11.6. The van der Waals surface area contributed by atoms with Crippen molar-refractivity contribution in [3.63, 3.8) is 0 Å². The molecule has 5 rings (SSSR count). The maximum Gasteiger partial charge on any atom is 0.203 e. The van der Waals surface area contributed by atoms with Gasteiger partial charge in [0.2, 0.25) is 5.65 Å². The van der Waals surface area contributed by atoms with Crippen LogP contribution in [0.25, 0.3) is 28.2 Å². The number of pyridine rings is 1. The summed E-state index contributed by atoms with van der Waals surface area (Å²) in [7, 11) is 1.71. The summed E-state index contributed by atoms with van der Waals surface area (Å²) in [5, 5.41) is 12.0. The van der Waals surface area contributed by atoms with E-state index in [-0.39, 0.29) is 12.1 Å². The molecule has 1 aliphatic rings. The van der Waals surface area contributed by atoms with Gasteiger partial charge in [-0.1, -0.05) is 0 Å². The fourth-order valence-electron chi connectivity index (χ4n) is 4.38. The molecule has 180 valence electrons. The number of rotatable bonds is 7. The van der Waals surface area contributed by atoms with Crippen molar-refractivity contribution < 1.29 is 9.47 Å². The van der Waals surface area contributed by atoms with Crippen molar-refractivity contribution in [3.8, 4) is 11.5 Å². The second-order valence-electron chi connectivity index (χ2n) is 8.96. The van der Waals surface area contributed by atoms with E-state index >= 15 is 0 Å². The van der Waals surface area contributed by atoms with Crippen LogP contribution in [0.3, 0.4) is 0 Å². The van der Waals surface area contributed by atoms with E-state index < -0.39 is 0 Å². The Morgan fingerprint density at radius 3 is 2.68 bits per heavy atom. The van der Waals surface area contributed by atoms with Crippen LogP contribution in [-0.2, 0) is 9.47 Å². The zero-order valence-electron chi connectivity index (χ0n) is 20.3. The van der Waals surface area contributed by atoms with Crippen molar-refractivity contribution in [2.45, 2.75) is 39.8 Å².